The Morgan fingerprint density at radius 2 is 1.84 bits per heavy atom. The van der Waals surface area contributed by atoms with Crippen molar-refractivity contribution in [3.8, 4) is 0 Å². The number of ether oxygens (including phenoxy) is 1. The third-order valence-corrected chi connectivity index (χ3v) is 2.47. The van der Waals surface area contributed by atoms with Crippen molar-refractivity contribution in [2.24, 2.45) is 0 Å². The fourth-order valence-electron chi connectivity index (χ4n) is 1.67. The predicted octanol–water partition coefficient (Wildman–Crippen LogP) is 2.39. The molecule has 0 saturated carbocycles. The van der Waals surface area contributed by atoms with Crippen molar-refractivity contribution in [1.82, 2.24) is 4.90 Å². The first-order valence-corrected chi connectivity index (χ1v) is 6.12. The number of nitrogens with one attached hydrogen (secondary N) is 1. The second-order valence-electron chi connectivity index (χ2n) is 4.74. The Kier molecular flexibility index (Phi) is 5.51. The molecule has 104 valence electrons. The van der Waals surface area contributed by atoms with Crippen molar-refractivity contribution in [2.75, 3.05) is 26.0 Å². The number of rotatable bonds is 5. The van der Waals surface area contributed by atoms with E-state index in [1.165, 1.54) is 6.92 Å². The first-order chi connectivity index (χ1) is 8.88. The summed E-state index contributed by atoms with van der Waals surface area (Å²) < 4.78 is 5.18. The van der Waals surface area contributed by atoms with E-state index in [4.69, 9.17) is 4.74 Å². The van der Waals surface area contributed by atoms with Crippen LogP contribution in [0.4, 0.5) is 10.5 Å². The summed E-state index contributed by atoms with van der Waals surface area (Å²) in [5.74, 6) is -0.00580. The molecule has 1 amide bonds. The standard InChI is InChI=1S/C14H20N2O3/c1-10(9-16(3)4)19-14(18)15-13-7-5-12(6-8-13)11(2)17/h5-8,10H,9H2,1-4H3,(H,15,18)/t10-/m0/s1. The van der Waals surface area contributed by atoms with Crippen LogP contribution in [0.1, 0.15) is 24.2 Å². The number of ketones is 1. The lowest BCUT2D eigenvalue weighted by Gasteiger charge is -2.17. The van der Waals surface area contributed by atoms with Gasteiger partial charge in [-0.25, -0.2) is 4.79 Å². The third kappa shape index (κ3) is 5.52. The van der Waals surface area contributed by atoms with Gasteiger partial charge < -0.3 is 9.64 Å². The van der Waals surface area contributed by atoms with E-state index in [1.807, 2.05) is 25.9 Å². The lowest BCUT2D eigenvalue weighted by atomic mass is 10.1. The van der Waals surface area contributed by atoms with E-state index in [9.17, 15) is 9.59 Å². The molecule has 0 aliphatic carbocycles. The topological polar surface area (TPSA) is 58.6 Å². The molecule has 0 unspecified atom stereocenters. The Morgan fingerprint density at radius 1 is 1.26 bits per heavy atom. The van der Waals surface area contributed by atoms with E-state index < -0.39 is 6.09 Å². The zero-order chi connectivity index (χ0) is 14.4. The van der Waals surface area contributed by atoms with Gasteiger partial charge in [0.15, 0.2) is 5.78 Å². The zero-order valence-electron chi connectivity index (χ0n) is 11.8. The van der Waals surface area contributed by atoms with Gasteiger partial charge in [0.1, 0.15) is 6.10 Å². The number of carbonyl (C=O) groups excluding carboxylic acids is 2. The number of amides is 1. The van der Waals surface area contributed by atoms with Crippen LogP contribution in [0.5, 0.6) is 0 Å². The van der Waals surface area contributed by atoms with Gasteiger partial charge in [0.2, 0.25) is 0 Å². The Balaban J connectivity index is 2.50. The van der Waals surface area contributed by atoms with Crippen LogP contribution in [0.15, 0.2) is 24.3 Å². The summed E-state index contributed by atoms with van der Waals surface area (Å²) in [6.07, 6.45) is -0.684. The van der Waals surface area contributed by atoms with E-state index in [0.29, 0.717) is 17.8 Å². The molecule has 1 rings (SSSR count). The minimum atomic E-state index is -0.495. The molecule has 0 fully saturated rings. The van der Waals surface area contributed by atoms with Crippen molar-refractivity contribution in [1.29, 1.82) is 0 Å². The van der Waals surface area contributed by atoms with Crippen LogP contribution in [0, 0.1) is 0 Å². The van der Waals surface area contributed by atoms with Gasteiger partial charge in [-0.3, -0.25) is 10.1 Å². The van der Waals surface area contributed by atoms with Gasteiger partial charge in [0.05, 0.1) is 0 Å². The van der Waals surface area contributed by atoms with Crippen molar-refractivity contribution < 1.29 is 14.3 Å². The highest BCUT2D eigenvalue weighted by Gasteiger charge is 2.10. The minimum absolute atomic E-state index is 0.00580. The highest BCUT2D eigenvalue weighted by Crippen LogP contribution is 2.10. The third-order valence-electron chi connectivity index (χ3n) is 2.47. The molecule has 0 heterocycles. The molecular weight excluding hydrogens is 244 g/mol. The lowest BCUT2D eigenvalue weighted by Crippen LogP contribution is -2.29. The number of likely N-dealkylation sites (N-methyl/N-ethyl adjacent to an activating group) is 1. The van der Waals surface area contributed by atoms with Crippen molar-refractivity contribution in [2.45, 2.75) is 20.0 Å². The number of carbonyl (C=O) groups is 2. The molecule has 1 N–H and O–H groups in total. The Bertz CT molecular complexity index is 441. The van der Waals surface area contributed by atoms with Gasteiger partial charge in [-0.05, 0) is 52.2 Å². The van der Waals surface area contributed by atoms with Gasteiger partial charge >= 0.3 is 6.09 Å². The van der Waals surface area contributed by atoms with E-state index in [-0.39, 0.29) is 11.9 Å². The maximum Gasteiger partial charge on any atom is 0.411 e. The molecule has 5 nitrogen and oxygen atoms in total. The van der Waals surface area contributed by atoms with Crippen LogP contribution < -0.4 is 5.32 Å². The number of benzene rings is 1. The normalized spacial score (nSPS) is 12.1. The van der Waals surface area contributed by atoms with Crippen LogP contribution in [-0.4, -0.2) is 43.5 Å². The van der Waals surface area contributed by atoms with E-state index in [1.54, 1.807) is 24.3 Å². The van der Waals surface area contributed by atoms with Crippen LogP contribution >= 0.6 is 0 Å². The average Bonchev–Trinajstić information content (AvgIpc) is 2.27. The van der Waals surface area contributed by atoms with Gasteiger partial charge in [0.25, 0.3) is 0 Å². The molecule has 0 aliphatic rings. The molecule has 0 spiro atoms. The Morgan fingerprint density at radius 3 is 2.32 bits per heavy atom. The number of anilines is 1. The van der Waals surface area contributed by atoms with Gasteiger partial charge in [-0.2, -0.15) is 0 Å². The molecule has 0 radical (unpaired) electrons. The molecule has 0 saturated heterocycles. The van der Waals surface area contributed by atoms with Crippen molar-refractivity contribution in [3.63, 3.8) is 0 Å². The van der Waals surface area contributed by atoms with E-state index in [2.05, 4.69) is 5.32 Å². The van der Waals surface area contributed by atoms with Crippen molar-refractivity contribution in [3.05, 3.63) is 29.8 Å². The highest BCUT2D eigenvalue weighted by atomic mass is 16.6. The Labute approximate surface area is 113 Å². The Hall–Kier alpha value is -1.88. The summed E-state index contributed by atoms with van der Waals surface area (Å²) >= 11 is 0. The summed E-state index contributed by atoms with van der Waals surface area (Å²) in [5, 5.41) is 2.62. The lowest BCUT2D eigenvalue weighted by molar-refractivity contribution is 0.101. The number of Topliss-reactive ketones (excluding diaryl/α,β-unsaturated/α-hetero) is 1. The van der Waals surface area contributed by atoms with Crippen LogP contribution in [0.2, 0.25) is 0 Å². The quantitative estimate of drug-likeness (QED) is 0.830. The monoisotopic (exact) mass is 264 g/mol. The number of hydrogen-bond donors (Lipinski definition) is 1. The molecule has 0 bridgehead atoms. The summed E-state index contributed by atoms with van der Waals surface area (Å²) in [6, 6.07) is 6.69. The molecule has 5 heteroatoms. The fourth-order valence-corrected chi connectivity index (χ4v) is 1.67. The molecule has 1 aromatic rings. The number of hydrogen-bond acceptors (Lipinski definition) is 4. The molecular formula is C14H20N2O3. The largest absolute Gasteiger partial charge is 0.445 e. The molecule has 1 atom stereocenters. The summed E-state index contributed by atoms with van der Waals surface area (Å²) in [4.78, 5) is 24.7. The molecule has 1 aromatic carbocycles. The minimum Gasteiger partial charge on any atom is -0.445 e. The molecule has 0 aromatic heterocycles. The summed E-state index contributed by atoms with van der Waals surface area (Å²) in [7, 11) is 3.83. The summed E-state index contributed by atoms with van der Waals surface area (Å²) in [5.41, 5.74) is 1.21. The van der Waals surface area contributed by atoms with E-state index >= 15 is 0 Å². The zero-order valence-corrected chi connectivity index (χ0v) is 11.8. The second-order valence-corrected chi connectivity index (χ2v) is 4.74. The predicted molar refractivity (Wildman–Crippen MR) is 74.6 cm³/mol. The van der Waals surface area contributed by atoms with Gasteiger partial charge in [-0.15, -0.1) is 0 Å². The van der Waals surface area contributed by atoms with Crippen LogP contribution in [-0.2, 0) is 4.74 Å². The maximum absolute atomic E-state index is 11.6. The smallest absolute Gasteiger partial charge is 0.411 e. The molecule has 0 aliphatic heterocycles. The number of nitrogens with zero attached hydrogens (tertiary/aromatic N) is 1. The van der Waals surface area contributed by atoms with Crippen molar-refractivity contribution >= 4 is 17.6 Å². The van der Waals surface area contributed by atoms with Crippen LogP contribution in [0.3, 0.4) is 0 Å². The highest BCUT2D eigenvalue weighted by molar-refractivity contribution is 5.94. The second kappa shape index (κ2) is 6.89. The maximum atomic E-state index is 11.6. The first-order valence-electron chi connectivity index (χ1n) is 6.12. The first kappa shape index (κ1) is 15.2. The molecule has 19 heavy (non-hydrogen) atoms. The van der Waals surface area contributed by atoms with Crippen LogP contribution in [0.25, 0.3) is 0 Å². The average molecular weight is 264 g/mol. The van der Waals surface area contributed by atoms with Gasteiger partial charge in [-0.1, -0.05) is 0 Å². The summed E-state index contributed by atoms with van der Waals surface area (Å²) in [6.45, 7) is 3.99. The van der Waals surface area contributed by atoms with Gasteiger partial charge in [0, 0.05) is 17.8 Å². The SMILES string of the molecule is CC(=O)c1ccc(NC(=O)O[C@@H](C)CN(C)C)cc1. The fraction of sp³-hybridized carbons (Fsp3) is 0.429. The van der Waals surface area contributed by atoms with E-state index in [0.717, 1.165) is 0 Å².